The Labute approximate surface area is 184 Å². The predicted octanol–water partition coefficient (Wildman–Crippen LogP) is 6.25. The summed E-state index contributed by atoms with van der Waals surface area (Å²) in [7, 11) is 3.55. The van der Waals surface area contributed by atoms with Crippen LogP contribution >= 0.6 is 11.9 Å². The fraction of sp³-hybridized carbons (Fsp3) is 0.167. The zero-order chi connectivity index (χ0) is 22.0. The van der Waals surface area contributed by atoms with Gasteiger partial charge in [-0.05, 0) is 73.4 Å². The molecule has 0 atom stereocenters. The molecule has 0 radical (unpaired) electrons. The van der Waals surface area contributed by atoms with E-state index >= 15 is 0 Å². The van der Waals surface area contributed by atoms with Gasteiger partial charge in [0.05, 0.1) is 18.3 Å². The summed E-state index contributed by atoms with van der Waals surface area (Å²) in [6, 6.07) is 16.8. The molecule has 0 spiro atoms. The van der Waals surface area contributed by atoms with Gasteiger partial charge in [-0.25, -0.2) is 8.78 Å². The van der Waals surface area contributed by atoms with E-state index in [1.807, 2.05) is 49.5 Å². The van der Waals surface area contributed by atoms with Gasteiger partial charge < -0.3 is 15.4 Å². The lowest BCUT2D eigenvalue weighted by atomic mass is 10.1. The highest BCUT2D eigenvalue weighted by Gasteiger charge is 2.14. The monoisotopic (exact) mass is 439 g/mol. The summed E-state index contributed by atoms with van der Waals surface area (Å²) in [6.07, 6.45) is 2.08. The van der Waals surface area contributed by atoms with E-state index in [0.29, 0.717) is 12.2 Å². The van der Waals surface area contributed by atoms with Crippen LogP contribution in [0.1, 0.15) is 11.1 Å². The lowest BCUT2D eigenvalue weighted by Gasteiger charge is -2.11. The summed E-state index contributed by atoms with van der Waals surface area (Å²) in [5.41, 5.74) is 3.18. The molecule has 0 unspecified atom stereocenters. The standard InChI is InChI=1S/C24H23F2N3OS/c1-15-7-10-21(24(26)23(15)25)28-17-8-9-20-16(13-27-2)14-29(22(20)11-17)31-19-6-4-5-18(12-19)30-3/h4-12,14,27-28H,13H2,1-3H3. The minimum Gasteiger partial charge on any atom is -0.497 e. The van der Waals surface area contributed by atoms with E-state index < -0.39 is 11.6 Å². The first-order valence-corrected chi connectivity index (χ1v) is 10.6. The fourth-order valence-electron chi connectivity index (χ4n) is 3.42. The zero-order valence-electron chi connectivity index (χ0n) is 17.5. The van der Waals surface area contributed by atoms with Crippen molar-refractivity contribution in [3.8, 4) is 5.75 Å². The molecular weight excluding hydrogens is 416 g/mol. The molecule has 7 heteroatoms. The molecule has 0 fully saturated rings. The Kier molecular flexibility index (Phi) is 6.15. The van der Waals surface area contributed by atoms with Gasteiger partial charge in [-0.2, -0.15) is 0 Å². The minimum atomic E-state index is -0.878. The third kappa shape index (κ3) is 4.38. The van der Waals surface area contributed by atoms with Gasteiger partial charge in [0, 0.05) is 28.7 Å². The second-order valence-corrected chi connectivity index (χ2v) is 8.24. The summed E-state index contributed by atoms with van der Waals surface area (Å²) < 4.78 is 35.7. The first kappa shape index (κ1) is 21.2. The van der Waals surface area contributed by atoms with Crippen LogP contribution in [0.3, 0.4) is 0 Å². The highest BCUT2D eigenvalue weighted by atomic mass is 32.2. The first-order valence-electron chi connectivity index (χ1n) is 9.82. The molecule has 0 aliphatic rings. The van der Waals surface area contributed by atoms with Crippen LogP contribution in [0.25, 0.3) is 10.9 Å². The van der Waals surface area contributed by atoms with Crippen molar-refractivity contribution in [2.45, 2.75) is 18.4 Å². The number of methoxy groups -OCH3 is 1. The van der Waals surface area contributed by atoms with Crippen LogP contribution in [0.5, 0.6) is 5.75 Å². The number of benzene rings is 3. The van der Waals surface area contributed by atoms with E-state index in [1.165, 1.54) is 0 Å². The zero-order valence-corrected chi connectivity index (χ0v) is 18.3. The Hall–Kier alpha value is -3.03. The fourth-order valence-corrected chi connectivity index (χ4v) is 4.39. The van der Waals surface area contributed by atoms with E-state index in [9.17, 15) is 8.78 Å². The molecular formula is C24H23F2N3OS. The maximum Gasteiger partial charge on any atom is 0.182 e. The van der Waals surface area contributed by atoms with Gasteiger partial charge in [0.1, 0.15) is 5.75 Å². The highest BCUT2D eigenvalue weighted by molar-refractivity contribution is 7.98. The number of ether oxygens (including phenoxy) is 1. The molecule has 31 heavy (non-hydrogen) atoms. The number of halogens is 2. The van der Waals surface area contributed by atoms with Crippen LogP contribution in [-0.4, -0.2) is 18.1 Å². The van der Waals surface area contributed by atoms with Crippen LogP contribution < -0.4 is 15.4 Å². The molecule has 160 valence electrons. The number of rotatable bonds is 7. The quantitative estimate of drug-likeness (QED) is 0.357. The molecule has 0 bridgehead atoms. The third-order valence-electron chi connectivity index (χ3n) is 5.02. The summed E-state index contributed by atoms with van der Waals surface area (Å²) >= 11 is 1.56. The lowest BCUT2D eigenvalue weighted by Crippen LogP contribution is -2.04. The van der Waals surface area contributed by atoms with Gasteiger partial charge in [0.15, 0.2) is 11.6 Å². The number of fused-ring (bicyclic) bond motifs is 1. The smallest absolute Gasteiger partial charge is 0.182 e. The van der Waals surface area contributed by atoms with E-state index in [0.717, 1.165) is 27.1 Å². The number of nitrogens with one attached hydrogen (secondary N) is 2. The highest BCUT2D eigenvalue weighted by Crippen LogP contribution is 2.33. The summed E-state index contributed by atoms with van der Waals surface area (Å²) in [6.45, 7) is 2.26. The van der Waals surface area contributed by atoms with Crippen LogP contribution in [0.15, 0.2) is 65.7 Å². The van der Waals surface area contributed by atoms with Gasteiger partial charge in [0.2, 0.25) is 0 Å². The molecule has 3 aromatic carbocycles. The predicted molar refractivity (Wildman–Crippen MR) is 123 cm³/mol. The van der Waals surface area contributed by atoms with Crippen LogP contribution in [-0.2, 0) is 6.54 Å². The Balaban J connectivity index is 1.73. The summed E-state index contributed by atoms with van der Waals surface area (Å²) in [5, 5.41) is 7.29. The number of anilines is 2. The van der Waals surface area contributed by atoms with Gasteiger partial charge in [-0.1, -0.05) is 18.2 Å². The summed E-state index contributed by atoms with van der Waals surface area (Å²) in [5.74, 6) is -0.924. The molecule has 0 amide bonds. The maximum atomic E-state index is 14.3. The molecule has 4 aromatic rings. The first-order chi connectivity index (χ1) is 15.0. The molecule has 0 aliphatic heterocycles. The van der Waals surface area contributed by atoms with Crippen molar-refractivity contribution < 1.29 is 13.5 Å². The molecule has 4 rings (SSSR count). The SMILES string of the molecule is CNCc1cn(Sc2cccc(OC)c2)c2cc(Nc3ccc(C)c(F)c3F)ccc12. The van der Waals surface area contributed by atoms with Crippen molar-refractivity contribution in [3.63, 3.8) is 0 Å². The van der Waals surface area contributed by atoms with Crippen molar-refractivity contribution in [2.75, 3.05) is 19.5 Å². The van der Waals surface area contributed by atoms with Gasteiger partial charge in [-0.3, -0.25) is 3.97 Å². The van der Waals surface area contributed by atoms with Crippen molar-refractivity contribution in [3.05, 3.63) is 83.6 Å². The van der Waals surface area contributed by atoms with E-state index in [-0.39, 0.29) is 11.3 Å². The normalized spacial score (nSPS) is 11.1. The second kappa shape index (κ2) is 8.99. The average Bonchev–Trinajstić information content (AvgIpc) is 3.11. The number of aryl methyl sites for hydroxylation is 1. The Morgan fingerprint density at radius 1 is 1.03 bits per heavy atom. The summed E-state index contributed by atoms with van der Waals surface area (Å²) in [4.78, 5) is 1.03. The van der Waals surface area contributed by atoms with Crippen LogP contribution in [0.2, 0.25) is 0 Å². The minimum absolute atomic E-state index is 0.108. The molecule has 0 aliphatic carbocycles. The van der Waals surface area contributed by atoms with Crippen molar-refractivity contribution >= 4 is 34.2 Å². The maximum absolute atomic E-state index is 14.3. The second-order valence-electron chi connectivity index (χ2n) is 7.20. The number of hydrogen-bond donors (Lipinski definition) is 2. The molecule has 2 N–H and O–H groups in total. The topological polar surface area (TPSA) is 38.2 Å². The van der Waals surface area contributed by atoms with Gasteiger partial charge in [0.25, 0.3) is 0 Å². The van der Waals surface area contributed by atoms with E-state index in [1.54, 1.807) is 38.1 Å². The average molecular weight is 440 g/mol. The third-order valence-corrected chi connectivity index (χ3v) is 5.98. The molecule has 1 heterocycles. The van der Waals surface area contributed by atoms with Gasteiger partial charge in [-0.15, -0.1) is 0 Å². The lowest BCUT2D eigenvalue weighted by molar-refractivity contribution is 0.413. The Bertz CT molecular complexity index is 1240. The Morgan fingerprint density at radius 2 is 1.87 bits per heavy atom. The number of aromatic nitrogens is 1. The number of nitrogens with zero attached hydrogens (tertiary/aromatic N) is 1. The van der Waals surface area contributed by atoms with E-state index in [4.69, 9.17) is 4.74 Å². The number of hydrogen-bond acceptors (Lipinski definition) is 4. The van der Waals surface area contributed by atoms with Crippen LogP contribution in [0, 0.1) is 18.6 Å². The molecule has 1 aromatic heterocycles. The van der Waals surface area contributed by atoms with Gasteiger partial charge >= 0.3 is 0 Å². The Morgan fingerprint density at radius 3 is 2.65 bits per heavy atom. The largest absolute Gasteiger partial charge is 0.497 e. The van der Waals surface area contributed by atoms with Crippen molar-refractivity contribution in [1.29, 1.82) is 0 Å². The molecule has 0 saturated carbocycles. The van der Waals surface area contributed by atoms with E-state index in [2.05, 4.69) is 20.8 Å². The van der Waals surface area contributed by atoms with Crippen LogP contribution in [0.4, 0.5) is 20.2 Å². The molecule has 0 saturated heterocycles. The van der Waals surface area contributed by atoms with Crippen molar-refractivity contribution in [2.24, 2.45) is 0 Å². The molecule has 4 nitrogen and oxygen atoms in total. The van der Waals surface area contributed by atoms with Crippen molar-refractivity contribution in [1.82, 2.24) is 9.29 Å².